The van der Waals surface area contributed by atoms with E-state index in [2.05, 4.69) is 15.9 Å². The van der Waals surface area contributed by atoms with E-state index in [1.54, 1.807) is 0 Å². The van der Waals surface area contributed by atoms with Crippen LogP contribution in [0.2, 0.25) is 0 Å². The van der Waals surface area contributed by atoms with Crippen LogP contribution in [-0.4, -0.2) is 25.3 Å². The zero-order valence-corrected chi connectivity index (χ0v) is 11.1. The Morgan fingerprint density at radius 1 is 1.29 bits per heavy atom. The molecule has 2 nitrogen and oxygen atoms in total. The van der Waals surface area contributed by atoms with Crippen LogP contribution in [-0.2, 0) is 9.84 Å². The van der Waals surface area contributed by atoms with Gasteiger partial charge in [0.05, 0.1) is 0 Å². The normalized spacial score (nSPS) is 29.0. The van der Waals surface area contributed by atoms with Crippen LogP contribution in [0.4, 0.5) is 0 Å². The smallest absolute Gasteiger partial charge is 0.147 e. The Balaban J connectivity index is 2.23. The molecule has 1 aliphatic rings. The van der Waals surface area contributed by atoms with Gasteiger partial charge in [-0.3, -0.25) is 0 Å². The van der Waals surface area contributed by atoms with Gasteiger partial charge in [-0.1, -0.05) is 28.8 Å². The van der Waals surface area contributed by atoms with Gasteiger partial charge in [-0.25, -0.2) is 8.42 Å². The summed E-state index contributed by atoms with van der Waals surface area (Å²) in [6, 6.07) is 0. The summed E-state index contributed by atoms with van der Waals surface area (Å²) >= 11 is 3.69. The fourth-order valence-corrected chi connectivity index (χ4v) is 3.64. The van der Waals surface area contributed by atoms with Crippen LogP contribution in [0.3, 0.4) is 0 Å². The summed E-state index contributed by atoms with van der Waals surface area (Å²) in [5, 5.41) is 0. The fraction of sp³-hybridized carbons (Fsp3) is 1.00. The molecule has 0 radical (unpaired) electrons. The highest BCUT2D eigenvalue weighted by Crippen LogP contribution is 2.32. The third-order valence-corrected chi connectivity index (χ3v) is 5.14. The van der Waals surface area contributed by atoms with Crippen molar-refractivity contribution >= 4 is 25.8 Å². The van der Waals surface area contributed by atoms with Crippen molar-refractivity contribution in [2.24, 2.45) is 5.92 Å². The molecule has 0 saturated heterocycles. The Labute approximate surface area is 95.5 Å². The molecule has 0 heterocycles. The lowest BCUT2D eigenvalue weighted by Crippen LogP contribution is -2.20. The van der Waals surface area contributed by atoms with Crippen molar-refractivity contribution < 1.29 is 8.42 Å². The molecular weight excluding hydrogens is 264 g/mol. The number of alkyl halides is 1. The number of halogens is 1. The predicted octanol–water partition coefficient (Wildman–Crippen LogP) is 2.76. The lowest BCUT2D eigenvalue weighted by molar-refractivity contribution is 0.352. The van der Waals surface area contributed by atoms with Gasteiger partial charge in [-0.05, 0) is 31.6 Å². The van der Waals surface area contributed by atoms with Crippen molar-refractivity contribution in [3.05, 3.63) is 0 Å². The first-order chi connectivity index (χ1) is 6.49. The molecule has 1 aliphatic carbocycles. The van der Waals surface area contributed by atoms with Crippen molar-refractivity contribution in [1.82, 2.24) is 0 Å². The van der Waals surface area contributed by atoms with Gasteiger partial charge in [-0.2, -0.15) is 0 Å². The standard InChI is InChI=1S/C10H19BrO2S/c1-14(12,13)8-4-6-9-5-2-3-7-10(9)11/h9-10H,2-8H2,1H3. The lowest BCUT2D eigenvalue weighted by Gasteiger charge is -2.27. The number of hydrogen-bond donors (Lipinski definition) is 0. The van der Waals surface area contributed by atoms with E-state index in [0.717, 1.165) is 12.8 Å². The average Bonchev–Trinajstić information content (AvgIpc) is 2.06. The number of rotatable bonds is 4. The maximum Gasteiger partial charge on any atom is 0.147 e. The number of sulfone groups is 1. The summed E-state index contributed by atoms with van der Waals surface area (Å²) in [6.45, 7) is 0. The molecule has 0 aromatic rings. The molecule has 1 rings (SSSR count). The summed E-state index contributed by atoms with van der Waals surface area (Å²) in [6.07, 6.45) is 8.35. The van der Waals surface area contributed by atoms with E-state index < -0.39 is 9.84 Å². The monoisotopic (exact) mass is 282 g/mol. The summed E-state index contributed by atoms with van der Waals surface area (Å²) in [4.78, 5) is 0.621. The van der Waals surface area contributed by atoms with Gasteiger partial charge in [0.1, 0.15) is 9.84 Å². The maximum absolute atomic E-state index is 10.9. The van der Waals surface area contributed by atoms with Gasteiger partial charge in [0, 0.05) is 16.8 Å². The molecule has 2 unspecified atom stereocenters. The van der Waals surface area contributed by atoms with E-state index in [-0.39, 0.29) is 0 Å². The van der Waals surface area contributed by atoms with Crippen molar-refractivity contribution in [2.75, 3.05) is 12.0 Å². The molecule has 4 heteroatoms. The van der Waals surface area contributed by atoms with Crippen LogP contribution in [0.5, 0.6) is 0 Å². The van der Waals surface area contributed by atoms with Crippen LogP contribution < -0.4 is 0 Å². The molecule has 0 bridgehead atoms. The van der Waals surface area contributed by atoms with Gasteiger partial charge in [0.15, 0.2) is 0 Å². The molecule has 0 aromatic carbocycles. The first-order valence-corrected chi connectivity index (χ1v) is 8.28. The van der Waals surface area contributed by atoms with E-state index in [1.165, 1.54) is 31.9 Å². The zero-order valence-electron chi connectivity index (χ0n) is 8.71. The van der Waals surface area contributed by atoms with Crippen LogP contribution in [0.25, 0.3) is 0 Å². The van der Waals surface area contributed by atoms with Gasteiger partial charge < -0.3 is 0 Å². The van der Waals surface area contributed by atoms with Crippen LogP contribution in [0.15, 0.2) is 0 Å². The minimum Gasteiger partial charge on any atom is -0.229 e. The quantitative estimate of drug-likeness (QED) is 0.743. The molecule has 0 aliphatic heterocycles. The van der Waals surface area contributed by atoms with Crippen molar-refractivity contribution in [2.45, 2.75) is 43.4 Å². The molecule has 14 heavy (non-hydrogen) atoms. The maximum atomic E-state index is 10.9. The second kappa shape index (κ2) is 5.50. The summed E-state index contributed by atoms with van der Waals surface area (Å²) in [7, 11) is -2.76. The third kappa shape index (κ3) is 4.78. The second-order valence-electron chi connectivity index (χ2n) is 4.33. The fourth-order valence-electron chi connectivity index (χ4n) is 2.10. The molecular formula is C10H19BrO2S. The minimum atomic E-state index is -2.76. The van der Waals surface area contributed by atoms with E-state index in [4.69, 9.17) is 0 Å². The van der Waals surface area contributed by atoms with Gasteiger partial charge in [0.25, 0.3) is 0 Å². The Bertz CT molecular complexity index is 261. The highest BCUT2D eigenvalue weighted by Gasteiger charge is 2.22. The van der Waals surface area contributed by atoms with Crippen LogP contribution in [0.1, 0.15) is 38.5 Å². The molecule has 1 fully saturated rings. The predicted molar refractivity (Wildman–Crippen MR) is 63.6 cm³/mol. The molecule has 2 atom stereocenters. The Hall–Kier alpha value is 0.430. The zero-order chi connectivity index (χ0) is 10.6. The summed E-state index contributed by atoms with van der Waals surface area (Å²) in [5.41, 5.74) is 0. The average molecular weight is 283 g/mol. The van der Waals surface area contributed by atoms with Crippen molar-refractivity contribution in [3.8, 4) is 0 Å². The van der Waals surface area contributed by atoms with Gasteiger partial charge >= 0.3 is 0 Å². The van der Waals surface area contributed by atoms with Gasteiger partial charge in [-0.15, -0.1) is 0 Å². The Morgan fingerprint density at radius 2 is 1.93 bits per heavy atom. The Morgan fingerprint density at radius 3 is 2.50 bits per heavy atom. The largest absolute Gasteiger partial charge is 0.229 e. The van der Waals surface area contributed by atoms with E-state index in [1.807, 2.05) is 0 Å². The van der Waals surface area contributed by atoms with Crippen molar-refractivity contribution in [1.29, 1.82) is 0 Å². The molecule has 1 saturated carbocycles. The molecule has 84 valence electrons. The summed E-state index contributed by atoms with van der Waals surface area (Å²) in [5.74, 6) is 1.05. The molecule has 0 aromatic heterocycles. The minimum absolute atomic E-state index is 0.350. The lowest BCUT2D eigenvalue weighted by atomic mass is 9.86. The first-order valence-electron chi connectivity index (χ1n) is 5.31. The van der Waals surface area contributed by atoms with Gasteiger partial charge in [0.2, 0.25) is 0 Å². The molecule has 0 N–H and O–H groups in total. The number of hydrogen-bond acceptors (Lipinski definition) is 2. The highest BCUT2D eigenvalue weighted by molar-refractivity contribution is 9.09. The highest BCUT2D eigenvalue weighted by atomic mass is 79.9. The summed E-state index contributed by atoms with van der Waals surface area (Å²) < 4.78 is 21.9. The van der Waals surface area contributed by atoms with Crippen LogP contribution >= 0.6 is 15.9 Å². The topological polar surface area (TPSA) is 34.1 Å². The van der Waals surface area contributed by atoms with Crippen LogP contribution in [0, 0.1) is 5.92 Å². The Kier molecular flexibility index (Phi) is 4.91. The molecule has 0 spiro atoms. The first kappa shape index (κ1) is 12.5. The van der Waals surface area contributed by atoms with E-state index in [9.17, 15) is 8.42 Å². The van der Waals surface area contributed by atoms with Crippen molar-refractivity contribution in [3.63, 3.8) is 0 Å². The SMILES string of the molecule is CS(=O)(=O)CCCC1CCCCC1Br. The van der Waals surface area contributed by atoms with E-state index in [0.29, 0.717) is 16.5 Å². The second-order valence-corrected chi connectivity index (χ2v) is 7.77. The molecule has 0 amide bonds. The van der Waals surface area contributed by atoms with E-state index >= 15 is 0 Å². The third-order valence-electron chi connectivity index (χ3n) is 2.91.